The molecular weight excluding hydrogens is 322 g/mol. The molecule has 1 aromatic rings. The van der Waals surface area contributed by atoms with Crippen LogP contribution in [0.2, 0.25) is 0 Å². The van der Waals surface area contributed by atoms with Gasteiger partial charge in [-0.15, -0.1) is 11.3 Å². The van der Waals surface area contributed by atoms with Gasteiger partial charge in [0.1, 0.15) is 6.04 Å². The van der Waals surface area contributed by atoms with Crippen molar-refractivity contribution in [2.45, 2.75) is 44.1 Å². The molecule has 0 aliphatic heterocycles. The van der Waals surface area contributed by atoms with Gasteiger partial charge >= 0.3 is 5.97 Å². The van der Waals surface area contributed by atoms with E-state index in [0.29, 0.717) is 12.8 Å². The van der Waals surface area contributed by atoms with E-state index in [1.165, 1.54) is 28.8 Å². The number of thiazole rings is 1. The molecule has 0 bridgehead atoms. The third kappa shape index (κ3) is 3.50. The van der Waals surface area contributed by atoms with Crippen molar-refractivity contribution in [3.05, 3.63) is 16.1 Å². The Bertz CT molecular complexity index is 626. The van der Waals surface area contributed by atoms with E-state index in [0.717, 1.165) is 9.88 Å². The number of nitrogens with zero attached hydrogens (tertiary/aromatic N) is 2. The highest BCUT2D eigenvalue weighted by Gasteiger charge is 2.55. The number of aryl methyl sites for hydroxylation is 1. The number of hydrogen-bond acceptors (Lipinski definition) is 6. The van der Waals surface area contributed by atoms with Crippen molar-refractivity contribution in [2.24, 2.45) is 0 Å². The van der Waals surface area contributed by atoms with Crippen LogP contribution in [0.1, 0.15) is 35.6 Å². The van der Waals surface area contributed by atoms with Crippen LogP contribution in [0.5, 0.6) is 0 Å². The van der Waals surface area contributed by atoms with Gasteiger partial charge in [-0.1, -0.05) is 0 Å². The molecule has 1 fully saturated rings. The van der Waals surface area contributed by atoms with Gasteiger partial charge in [0.2, 0.25) is 5.91 Å². The fourth-order valence-electron chi connectivity index (χ4n) is 2.59. The van der Waals surface area contributed by atoms with Gasteiger partial charge in [-0.3, -0.25) is 19.6 Å². The quantitative estimate of drug-likeness (QED) is 0.495. The van der Waals surface area contributed by atoms with E-state index in [1.807, 2.05) is 6.92 Å². The van der Waals surface area contributed by atoms with Crippen molar-refractivity contribution >= 4 is 29.1 Å². The zero-order chi connectivity index (χ0) is 17.2. The van der Waals surface area contributed by atoms with E-state index >= 15 is 0 Å². The summed E-state index contributed by atoms with van der Waals surface area (Å²) in [5, 5.41) is 18.5. The van der Waals surface area contributed by atoms with Crippen LogP contribution in [-0.2, 0) is 19.8 Å². The molecule has 2 rings (SSSR count). The van der Waals surface area contributed by atoms with E-state index in [4.69, 9.17) is 10.3 Å². The second-order valence-corrected chi connectivity index (χ2v) is 6.90. The van der Waals surface area contributed by atoms with Crippen LogP contribution in [-0.4, -0.2) is 51.1 Å². The van der Waals surface area contributed by atoms with Gasteiger partial charge in [0.05, 0.1) is 10.4 Å². The lowest BCUT2D eigenvalue weighted by Gasteiger charge is -2.29. The summed E-state index contributed by atoms with van der Waals surface area (Å²) >= 11 is 1.44. The number of carbonyl (C=O) groups excluding carboxylic acids is 2. The molecule has 9 heteroatoms. The summed E-state index contributed by atoms with van der Waals surface area (Å²) in [7, 11) is 1.46. The number of aliphatic carboxylic acids is 1. The Balaban J connectivity index is 2.18. The monoisotopic (exact) mass is 341 g/mol. The van der Waals surface area contributed by atoms with Crippen molar-refractivity contribution in [3.8, 4) is 0 Å². The lowest BCUT2D eigenvalue weighted by Crippen LogP contribution is -2.50. The van der Waals surface area contributed by atoms with E-state index in [9.17, 15) is 14.4 Å². The van der Waals surface area contributed by atoms with Crippen LogP contribution in [0, 0.1) is 6.92 Å². The van der Waals surface area contributed by atoms with Crippen LogP contribution in [0.4, 0.5) is 0 Å². The minimum atomic E-state index is -1.07. The summed E-state index contributed by atoms with van der Waals surface area (Å²) in [6.07, 6.45) is 2.68. The van der Waals surface area contributed by atoms with Crippen molar-refractivity contribution in [2.75, 3.05) is 7.05 Å². The normalized spacial score (nSPS) is 16.5. The molecule has 0 aromatic carbocycles. The molecule has 8 nitrogen and oxygen atoms in total. The molecule has 3 N–H and O–H groups in total. The first-order chi connectivity index (χ1) is 10.8. The number of amides is 2. The number of carbonyl (C=O) groups is 3. The molecule has 1 aromatic heterocycles. The van der Waals surface area contributed by atoms with Crippen LogP contribution < -0.4 is 5.48 Å². The molecule has 1 atom stereocenters. The minimum absolute atomic E-state index is 0.0677. The zero-order valence-corrected chi connectivity index (χ0v) is 13.7. The number of carboxylic acids is 1. The Morgan fingerprint density at radius 2 is 2.13 bits per heavy atom. The average Bonchev–Trinajstić information content (AvgIpc) is 3.21. The summed E-state index contributed by atoms with van der Waals surface area (Å²) in [5.74, 6) is -2.11. The van der Waals surface area contributed by atoms with Gasteiger partial charge in [0, 0.05) is 24.5 Å². The van der Waals surface area contributed by atoms with Gasteiger partial charge in [0.25, 0.3) is 5.91 Å². The standard InChI is InChI=1S/C14H19N3O5S/c1-8-15-7-10(23-8)14(5-6-14)13(21)17(2)9(12(20)16-22)3-4-11(18)19/h7,9,22H,3-6H2,1-2H3,(H,16,20)(H,18,19). The third-order valence-corrected chi connectivity index (χ3v) is 5.20. The van der Waals surface area contributed by atoms with E-state index in [1.54, 1.807) is 6.20 Å². The van der Waals surface area contributed by atoms with Crippen LogP contribution >= 0.6 is 11.3 Å². The number of aromatic nitrogens is 1. The molecular formula is C14H19N3O5S. The third-order valence-electron chi connectivity index (χ3n) is 4.08. The lowest BCUT2D eigenvalue weighted by atomic mass is 10.0. The maximum atomic E-state index is 12.8. The number of hydrogen-bond donors (Lipinski definition) is 3. The number of carboxylic acid groups (broad SMARTS) is 1. The summed E-state index contributed by atoms with van der Waals surface area (Å²) in [6.45, 7) is 1.85. The van der Waals surface area contributed by atoms with Crippen LogP contribution in [0.15, 0.2) is 6.20 Å². The number of rotatable bonds is 7. The second-order valence-electron chi connectivity index (χ2n) is 5.67. The summed E-state index contributed by atoms with van der Waals surface area (Å²) in [4.78, 5) is 41.6. The van der Waals surface area contributed by atoms with E-state index < -0.39 is 23.3 Å². The van der Waals surface area contributed by atoms with Crippen molar-refractivity contribution in [1.29, 1.82) is 0 Å². The molecule has 0 saturated heterocycles. The summed E-state index contributed by atoms with van der Waals surface area (Å²) < 4.78 is 0. The number of hydroxylamine groups is 1. The first-order valence-electron chi connectivity index (χ1n) is 7.17. The molecule has 1 unspecified atom stereocenters. The Hall–Kier alpha value is -2.00. The Kier molecular flexibility index (Phi) is 5.00. The van der Waals surface area contributed by atoms with Gasteiger partial charge in [-0.2, -0.15) is 0 Å². The highest BCUT2D eigenvalue weighted by Crippen LogP contribution is 2.51. The molecule has 1 aliphatic carbocycles. The first kappa shape index (κ1) is 17.4. The summed E-state index contributed by atoms with van der Waals surface area (Å²) in [6, 6.07) is -1.03. The highest BCUT2D eigenvalue weighted by atomic mass is 32.1. The van der Waals surface area contributed by atoms with Gasteiger partial charge in [-0.25, -0.2) is 10.5 Å². The fourth-order valence-corrected chi connectivity index (χ4v) is 3.60. The lowest BCUT2D eigenvalue weighted by molar-refractivity contribution is -0.146. The minimum Gasteiger partial charge on any atom is -0.481 e. The Labute approximate surface area is 137 Å². The Morgan fingerprint density at radius 1 is 1.48 bits per heavy atom. The van der Waals surface area contributed by atoms with Crippen LogP contribution in [0.3, 0.4) is 0 Å². The molecule has 2 amide bonds. The number of nitrogens with one attached hydrogen (secondary N) is 1. The van der Waals surface area contributed by atoms with E-state index in [2.05, 4.69) is 4.98 Å². The molecule has 1 heterocycles. The average molecular weight is 341 g/mol. The predicted octanol–water partition coefficient (Wildman–Crippen LogP) is 0.680. The number of likely N-dealkylation sites (N-methyl/N-ethyl adjacent to an activating group) is 1. The molecule has 0 spiro atoms. The Morgan fingerprint density at radius 3 is 2.57 bits per heavy atom. The van der Waals surface area contributed by atoms with Gasteiger partial charge in [0.15, 0.2) is 0 Å². The molecule has 23 heavy (non-hydrogen) atoms. The van der Waals surface area contributed by atoms with Crippen LogP contribution in [0.25, 0.3) is 0 Å². The maximum Gasteiger partial charge on any atom is 0.303 e. The van der Waals surface area contributed by atoms with Crippen molar-refractivity contribution < 1.29 is 24.7 Å². The molecule has 126 valence electrons. The van der Waals surface area contributed by atoms with Crippen molar-refractivity contribution in [3.63, 3.8) is 0 Å². The molecule has 1 aliphatic rings. The molecule has 1 saturated carbocycles. The van der Waals surface area contributed by atoms with Crippen molar-refractivity contribution in [1.82, 2.24) is 15.4 Å². The maximum absolute atomic E-state index is 12.8. The molecule has 0 radical (unpaired) electrons. The predicted molar refractivity (Wildman–Crippen MR) is 81.1 cm³/mol. The first-order valence-corrected chi connectivity index (χ1v) is 7.99. The van der Waals surface area contributed by atoms with Gasteiger partial charge in [-0.05, 0) is 26.2 Å². The topological polar surface area (TPSA) is 120 Å². The largest absolute Gasteiger partial charge is 0.481 e. The second kappa shape index (κ2) is 6.63. The summed E-state index contributed by atoms with van der Waals surface area (Å²) in [5.41, 5.74) is 0.836. The smallest absolute Gasteiger partial charge is 0.303 e. The SMILES string of the molecule is Cc1ncc(C2(C(=O)N(C)C(CCC(=O)O)C(=O)NO)CC2)s1. The van der Waals surface area contributed by atoms with E-state index in [-0.39, 0.29) is 18.7 Å². The van der Waals surface area contributed by atoms with Gasteiger partial charge < -0.3 is 10.0 Å². The zero-order valence-electron chi connectivity index (χ0n) is 12.9. The highest BCUT2D eigenvalue weighted by molar-refractivity contribution is 7.11. The fraction of sp³-hybridized carbons (Fsp3) is 0.571.